The van der Waals surface area contributed by atoms with Gasteiger partial charge in [-0.15, -0.1) is 0 Å². The molecule has 0 aliphatic rings. The highest BCUT2D eigenvalue weighted by Crippen LogP contribution is 2.17. The maximum atomic E-state index is 12.9. The van der Waals surface area contributed by atoms with Crippen molar-refractivity contribution in [2.75, 3.05) is 13.2 Å². The number of hydrogen-bond acceptors (Lipinski definition) is 6. The predicted octanol–water partition coefficient (Wildman–Crippen LogP) is 20.4. The van der Waals surface area contributed by atoms with Gasteiger partial charge in [0.2, 0.25) is 0 Å². The number of ether oxygens (including phenoxy) is 3. The van der Waals surface area contributed by atoms with Crippen molar-refractivity contribution in [3.05, 3.63) is 36.5 Å². The molecule has 0 saturated heterocycles. The van der Waals surface area contributed by atoms with Gasteiger partial charge in [0.1, 0.15) is 13.2 Å². The van der Waals surface area contributed by atoms with Crippen LogP contribution in [0.2, 0.25) is 0 Å². The van der Waals surface area contributed by atoms with Crippen LogP contribution in [0, 0.1) is 0 Å². The molecule has 0 amide bonds. The Balaban J connectivity index is 4.33. The molecule has 0 heterocycles. The number of esters is 3. The van der Waals surface area contributed by atoms with Crippen molar-refractivity contribution < 1.29 is 28.6 Å². The van der Waals surface area contributed by atoms with E-state index in [0.717, 1.165) is 83.5 Å². The highest BCUT2D eigenvalue weighted by atomic mass is 16.6. The highest BCUT2D eigenvalue weighted by Gasteiger charge is 2.19. The first-order chi connectivity index (χ1) is 34.0. The van der Waals surface area contributed by atoms with Crippen LogP contribution in [0.15, 0.2) is 36.5 Å². The summed E-state index contributed by atoms with van der Waals surface area (Å²) in [6.07, 6.45) is 70.0. The minimum Gasteiger partial charge on any atom is -0.462 e. The number of hydrogen-bond donors (Lipinski definition) is 0. The van der Waals surface area contributed by atoms with Crippen LogP contribution in [0.1, 0.15) is 329 Å². The van der Waals surface area contributed by atoms with Crippen molar-refractivity contribution in [3.63, 3.8) is 0 Å². The lowest BCUT2D eigenvalue weighted by Crippen LogP contribution is -2.30. The van der Waals surface area contributed by atoms with E-state index in [0.29, 0.717) is 19.3 Å². The summed E-state index contributed by atoms with van der Waals surface area (Å²) >= 11 is 0. The van der Waals surface area contributed by atoms with E-state index in [-0.39, 0.29) is 31.1 Å². The summed E-state index contributed by atoms with van der Waals surface area (Å²) in [6.45, 7) is 6.58. The second-order valence-electron chi connectivity index (χ2n) is 20.6. The third-order valence-electron chi connectivity index (χ3n) is 13.7. The quantitative estimate of drug-likeness (QED) is 0.0261. The second-order valence-corrected chi connectivity index (χ2v) is 20.6. The fraction of sp³-hybridized carbons (Fsp3) is 0.857. The summed E-state index contributed by atoms with van der Waals surface area (Å²) < 4.78 is 16.9. The molecule has 1 atom stereocenters. The average molecular weight is 970 g/mol. The Bertz CT molecular complexity index is 1160. The van der Waals surface area contributed by atoms with Gasteiger partial charge in [-0.3, -0.25) is 14.4 Å². The summed E-state index contributed by atoms with van der Waals surface area (Å²) in [5, 5.41) is 0. The molecule has 0 rings (SSSR count). The van der Waals surface area contributed by atoms with E-state index >= 15 is 0 Å². The Hall–Kier alpha value is -2.37. The number of carbonyl (C=O) groups excluding carboxylic acids is 3. The summed E-state index contributed by atoms with van der Waals surface area (Å²) in [4.78, 5) is 38.2. The Kier molecular flexibility index (Phi) is 56.2. The SMILES string of the molecule is CC/C=C\C/C=C\C/C=C\CCCCCCCCC(=O)OCC(COC(=O)CCCCCCCCCCCCCCCCCCCC)OC(=O)CCCCCCCCCCCCCCCCCCC. The number of carbonyl (C=O) groups is 3. The van der Waals surface area contributed by atoms with E-state index in [4.69, 9.17) is 14.2 Å². The molecule has 69 heavy (non-hydrogen) atoms. The zero-order valence-corrected chi connectivity index (χ0v) is 46.3. The van der Waals surface area contributed by atoms with Gasteiger partial charge >= 0.3 is 17.9 Å². The van der Waals surface area contributed by atoms with Gasteiger partial charge in [-0.25, -0.2) is 0 Å². The topological polar surface area (TPSA) is 78.9 Å². The fourth-order valence-electron chi connectivity index (χ4n) is 9.11. The molecule has 1 unspecified atom stereocenters. The second kappa shape index (κ2) is 58.2. The van der Waals surface area contributed by atoms with Crippen LogP contribution in [-0.2, 0) is 28.6 Å². The maximum absolute atomic E-state index is 12.9. The first kappa shape index (κ1) is 66.6. The van der Waals surface area contributed by atoms with Crippen LogP contribution in [0.5, 0.6) is 0 Å². The number of unbranched alkanes of at least 4 members (excludes halogenated alkanes) is 39. The summed E-state index contributed by atoms with van der Waals surface area (Å²) in [5.74, 6) is -0.861. The van der Waals surface area contributed by atoms with Gasteiger partial charge < -0.3 is 14.2 Å². The molecule has 404 valence electrons. The first-order valence-corrected chi connectivity index (χ1v) is 30.5. The zero-order chi connectivity index (χ0) is 50.0. The van der Waals surface area contributed by atoms with Gasteiger partial charge in [0.15, 0.2) is 6.10 Å². The molecule has 0 saturated carbocycles. The summed E-state index contributed by atoms with van der Waals surface area (Å²) in [5.41, 5.74) is 0. The molecule has 0 N–H and O–H groups in total. The highest BCUT2D eigenvalue weighted by molar-refractivity contribution is 5.71. The van der Waals surface area contributed by atoms with Crippen LogP contribution in [0.4, 0.5) is 0 Å². The average Bonchev–Trinajstić information content (AvgIpc) is 3.35. The molecular weight excluding hydrogens is 853 g/mol. The minimum atomic E-state index is -0.774. The molecular formula is C63H116O6. The monoisotopic (exact) mass is 969 g/mol. The molecule has 0 aromatic carbocycles. The third-order valence-corrected chi connectivity index (χ3v) is 13.7. The van der Waals surface area contributed by atoms with E-state index in [1.165, 1.54) is 205 Å². The maximum Gasteiger partial charge on any atom is 0.306 e. The van der Waals surface area contributed by atoms with E-state index < -0.39 is 6.10 Å². The van der Waals surface area contributed by atoms with Gasteiger partial charge in [-0.05, 0) is 51.4 Å². The standard InChI is InChI=1S/C63H116O6/c1-4-7-10-13-16-19-22-25-28-31-33-35-38-41-44-47-50-53-56-62(65)68-59-60(58-67-61(64)55-52-49-46-43-40-37-34-30-27-24-21-18-15-12-9-6-3)69-63(66)57-54-51-48-45-42-39-36-32-29-26-23-20-17-14-11-8-5-2/h9,12,18,21,27,30,60H,4-8,10-11,13-17,19-20,22-26,28-29,31-59H2,1-3H3/b12-9-,21-18-,30-27-. The van der Waals surface area contributed by atoms with Crippen molar-refractivity contribution in [2.45, 2.75) is 335 Å². The molecule has 0 aliphatic heterocycles. The predicted molar refractivity (Wildman–Crippen MR) is 298 cm³/mol. The van der Waals surface area contributed by atoms with Crippen LogP contribution < -0.4 is 0 Å². The lowest BCUT2D eigenvalue weighted by molar-refractivity contribution is -0.167. The van der Waals surface area contributed by atoms with Crippen LogP contribution in [0.3, 0.4) is 0 Å². The van der Waals surface area contributed by atoms with Gasteiger partial charge in [0, 0.05) is 19.3 Å². The fourth-order valence-corrected chi connectivity index (χ4v) is 9.11. The molecule has 6 heteroatoms. The molecule has 6 nitrogen and oxygen atoms in total. The van der Waals surface area contributed by atoms with Crippen LogP contribution >= 0.6 is 0 Å². The van der Waals surface area contributed by atoms with Gasteiger partial charge in [0.05, 0.1) is 0 Å². The summed E-state index contributed by atoms with van der Waals surface area (Å²) in [7, 11) is 0. The first-order valence-electron chi connectivity index (χ1n) is 30.5. The van der Waals surface area contributed by atoms with Gasteiger partial charge in [-0.1, -0.05) is 295 Å². The normalized spacial score (nSPS) is 12.2. The summed E-state index contributed by atoms with van der Waals surface area (Å²) in [6, 6.07) is 0. The Labute approximate surface area is 429 Å². The molecule has 0 fully saturated rings. The number of rotatable bonds is 56. The Morgan fingerprint density at radius 2 is 0.565 bits per heavy atom. The van der Waals surface area contributed by atoms with E-state index in [1.54, 1.807) is 0 Å². The number of allylic oxidation sites excluding steroid dienone is 6. The molecule has 0 aromatic rings. The van der Waals surface area contributed by atoms with Crippen LogP contribution in [-0.4, -0.2) is 37.2 Å². The molecule has 0 aromatic heterocycles. The Morgan fingerprint density at radius 1 is 0.304 bits per heavy atom. The van der Waals surface area contributed by atoms with E-state index in [2.05, 4.69) is 57.2 Å². The van der Waals surface area contributed by atoms with Crippen LogP contribution in [0.25, 0.3) is 0 Å². The molecule has 0 spiro atoms. The van der Waals surface area contributed by atoms with Crippen molar-refractivity contribution in [3.8, 4) is 0 Å². The van der Waals surface area contributed by atoms with Crippen molar-refractivity contribution in [1.29, 1.82) is 0 Å². The lowest BCUT2D eigenvalue weighted by atomic mass is 10.0. The van der Waals surface area contributed by atoms with Gasteiger partial charge in [-0.2, -0.15) is 0 Å². The molecule has 0 bridgehead atoms. The largest absolute Gasteiger partial charge is 0.462 e. The lowest BCUT2D eigenvalue weighted by Gasteiger charge is -2.18. The van der Waals surface area contributed by atoms with Crippen molar-refractivity contribution in [1.82, 2.24) is 0 Å². The smallest absolute Gasteiger partial charge is 0.306 e. The molecule has 0 radical (unpaired) electrons. The zero-order valence-electron chi connectivity index (χ0n) is 46.3. The van der Waals surface area contributed by atoms with Gasteiger partial charge in [0.25, 0.3) is 0 Å². The van der Waals surface area contributed by atoms with Crippen molar-refractivity contribution >= 4 is 17.9 Å². The van der Waals surface area contributed by atoms with Crippen molar-refractivity contribution in [2.24, 2.45) is 0 Å². The third kappa shape index (κ3) is 56.4. The Morgan fingerprint density at radius 3 is 0.884 bits per heavy atom. The van der Waals surface area contributed by atoms with E-state index in [1.807, 2.05) is 0 Å². The van der Waals surface area contributed by atoms with E-state index in [9.17, 15) is 14.4 Å². The molecule has 0 aliphatic carbocycles. The minimum absolute atomic E-state index is 0.0710.